The van der Waals surface area contributed by atoms with Gasteiger partial charge in [0.05, 0.1) is 52.9 Å². The molecule has 10 atom stereocenters. The average Bonchev–Trinajstić information content (AvgIpc) is 3.38. The second-order valence-corrected chi connectivity index (χ2v) is 16.7. The summed E-state index contributed by atoms with van der Waals surface area (Å²) in [4.78, 5) is 0. The highest BCUT2D eigenvalue weighted by atomic mass is 16.9. The molecule has 3 saturated heterocycles. The second-order valence-electron chi connectivity index (χ2n) is 16.7. The summed E-state index contributed by atoms with van der Waals surface area (Å²) in [5.74, 6) is -1.87. The number of ether oxygens (including phenoxy) is 11. The fourth-order valence-electron chi connectivity index (χ4n) is 8.68. The van der Waals surface area contributed by atoms with Gasteiger partial charge in [-0.25, -0.2) is 0 Å². The summed E-state index contributed by atoms with van der Waals surface area (Å²) < 4.78 is 75.2. The van der Waals surface area contributed by atoms with E-state index in [9.17, 15) is 0 Å². The molecular formula is C55H58O11. The molecule has 3 fully saturated rings. The van der Waals surface area contributed by atoms with E-state index in [-0.39, 0.29) is 46.2 Å². The topological polar surface area (TPSA) is 102 Å². The summed E-state index contributed by atoms with van der Waals surface area (Å²) in [5, 5.41) is 0. The van der Waals surface area contributed by atoms with Crippen LogP contribution in [0.5, 0.6) is 0 Å². The molecule has 344 valence electrons. The van der Waals surface area contributed by atoms with Gasteiger partial charge in [-0.2, -0.15) is 0 Å². The lowest BCUT2D eigenvalue weighted by Crippen LogP contribution is -2.75. The minimum absolute atomic E-state index is 0.0465. The molecule has 3 aliphatic heterocycles. The lowest BCUT2D eigenvalue weighted by molar-refractivity contribution is -0.517. The average molecular weight is 895 g/mol. The summed E-state index contributed by atoms with van der Waals surface area (Å²) in [6, 6.07) is 60.1. The van der Waals surface area contributed by atoms with E-state index in [0.29, 0.717) is 6.61 Å². The van der Waals surface area contributed by atoms with Gasteiger partial charge in [-0.1, -0.05) is 182 Å². The SMILES string of the molecule is CO[C@H]1O[C@@H]2CO[C@]3(O[C@@H]2[C@@H](OCc2ccccc2)[C@H]1OCc1ccccc1)O[C@H](COCc1ccccc1)[C@@H](OCc1ccccc1)[C@H](OCc1ccccc1)[C@@H]3OCc1ccccc1. The molecule has 0 aromatic heterocycles. The van der Waals surface area contributed by atoms with Gasteiger partial charge in [0.1, 0.15) is 42.7 Å². The van der Waals surface area contributed by atoms with E-state index in [4.69, 9.17) is 52.1 Å². The fraction of sp³-hybridized carbons (Fsp3) is 0.345. The van der Waals surface area contributed by atoms with Gasteiger partial charge in [0, 0.05) is 7.11 Å². The summed E-state index contributed by atoms with van der Waals surface area (Å²) in [6.07, 6.45) is -6.97. The molecule has 3 aliphatic rings. The highest BCUT2D eigenvalue weighted by Crippen LogP contribution is 2.45. The van der Waals surface area contributed by atoms with Crippen LogP contribution in [0.4, 0.5) is 0 Å². The molecule has 11 nitrogen and oxygen atoms in total. The Bertz CT molecular complexity index is 2290. The van der Waals surface area contributed by atoms with Gasteiger partial charge in [-0.05, 0) is 33.4 Å². The lowest BCUT2D eigenvalue weighted by atomic mass is 9.93. The first-order valence-electron chi connectivity index (χ1n) is 22.7. The van der Waals surface area contributed by atoms with E-state index in [2.05, 4.69) is 0 Å². The Hall–Kier alpha value is -5.12. The van der Waals surface area contributed by atoms with Crippen LogP contribution in [-0.4, -0.2) is 81.4 Å². The van der Waals surface area contributed by atoms with Crippen molar-refractivity contribution >= 4 is 0 Å². The normalized spacial score (nSPS) is 27.3. The predicted octanol–water partition coefficient (Wildman–Crippen LogP) is 8.97. The van der Waals surface area contributed by atoms with E-state index >= 15 is 0 Å². The monoisotopic (exact) mass is 894 g/mol. The quantitative estimate of drug-likeness (QED) is 0.0735. The second kappa shape index (κ2) is 23.1. The minimum atomic E-state index is -1.87. The van der Waals surface area contributed by atoms with Gasteiger partial charge < -0.3 is 52.1 Å². The Morgan fingerprint density at radius 2 is 0.833 bits per heavy atom. The highest BCUT2D eigenvalue weighted by Gasteiger charge is 2.65. The molecule has 0 saturated carbocycles. The van der Waals surface area contributed by atoms with Crippen molar-refractivity contribution in [1.29, 1.82) is 0 Å². The van der Waals surface area contributed by atoms with Crippen molar-refractivity contribution in [2.24, 2.45) is 0 Å². The molecule has 6 aromatic rings. The Morgan fingerprint density at radius 1 is 0.439 bits per heavy atom. The van der Waals surface area contributed by atoms with Crippen LogP contribution >= 0.6 is 0 Å². The van der Waals surface area contributed by atoms with Gasteiger partial charge in [0.15, 0.2) is 12.4 Å². The molecule has 0 unspecified atom stereocenters. The lowest BCUT2D eigenvalue weighted by Gasteiger charge is -2.57. The van der Waals surface area contributed by atoms with Crippen LogP contribution in [0.15, 0.2) is 182 Å². The van der Waals surface area contributed by atoms with Crippen molar-refractivity contribution in [3.63, 3.8) is 0 Å². The number of methoxy groups -OCH3 is 1. The van der Waals surface area contributed by atoms with Gasteiger partial charge in [-0.15, -0.1) is 0 Å². The zero-order valence-corrected chi connectivity index (χ0v) is 37.2. The summed E-state index contributed by atoms with van der Waals surface area (Å²) in [5.41, 5.74) is 5.91. The molecule has 0 aliphatic carbocycles. The van der Waals surface area contributed by atoms with E-state index in [1.54, 1.807) is 7.11 Å². The molecule has 0 bridgehead atoms. The Balaban J connectivity index is 1.10. The van der Waals surface area contributed by atoms with E-state index in [0.717, 1.165) is 33.4 Å². The third-order valence-electron chi connectivity index (χ3n) is 12.0. The van der Waals surface area contributed by atoms with Crippen LogP contribution in [0, 0.1) is 0 Å². The van der Waals surface area contributed by atoms with Crippen LogP contribution in [-0.2, 0) is 91.7 Å². The van der Waals surface area contributed by atoms with Crippen LogP contribution in [0.2, 0.25) is 0 Å². The number of hydrogen-bond donors (Lipinski definition) is 0. The van der Waals surface area contributed by atoms with Crippen molar-refractivity contribution in [3.8, 4) is 0 Å². The standard InChI is InChI=1S/C55H58O11/c1-56-54-52(61-36-44-28-16-6-17-29-44)50(59-34-42-24-12-4-13-25-42)49-46(64-54)39-63-55(66-49)53(62-37-45-30-18-7-19-31-45)51(60-35-43-26-14-5-15-27-43)48(58-33-41-22-10-3-11-23-41)47(65-55)38-57-32-40-20-8-2-9-21-40/h2-31,46-54H,32-39H2,1H3/t46-,47-,48-,49+,50-,51+,52-,53+,54+,55+/m1/s1. The van der Waals surface area contributed by atoms with Crippen molar-refractivity contribution < 1.29 is 52.1 Å². The third-order valence-corrected chi connectivity index (χ3v) is 12.0. The van der Waals surface area contributed by atoms with Crippen LogP contribution in [0.1, 0.15) is 33.4 Å². The van der Waals surface area contributed by atoms with Crippen LogP contribution in [0.3, 0.4) is 0 Å². The maximum absolute atomic E-state index is 7.34. The molecule has 0 amide bonds. The van der Waals surface area contributed by atoms with Crippen molar-refractivity contribution in [2.45, 2.75) is 101 Å². The molecule has 0 N–H and O–H groups in total. The molecule has 0 radical (unpaired) electrons. The fourth-order valence-corrected chi connectivity index (χ4v) is 8.68. The summed E-state index contributed by atoms with van der Waals surface area (Å²) >= 11 is 0. The van der Waals surface area contributed by atoms with E-state index < -0.39 is 61.1 Å². The largest absolute Gasteiger partial charge is 0.374 e. The van der Waals surface area contributed by atoms with E-state index in [1.807, 2.05) is 182 Å². The molecule has 9 rings (SSSR count). The van der Waals surface area contributed by atoms with Gasteiger partial charge in [0.2, 0.25) is 0 Å². The zero-order chi connectivity index (χ0) is 44.8. The molecular weight excluding hydrogens is 837 g/mol. The van der Waals surface area contributed by atoms with Gasteiger partial charge in [0.25, 0.3) is 0 Å². The first kappa shape index (κ1) is 46.0. The van der Waals surface area contributed by atoms with Crippen molar-refractivity contribution in [3.05, 3.63) is 215 Å². The van der Waals surface area contributed by atoms with Gasteiger partial charge >= 0.3 is 5.97 Å². The Kier molecular flexibility index (Phi) is 16.1. The minimum Gasteiger partial charge on any atom is -0.374 e. The van der Waals surface area contributed by atoms with Crippen LogP contribution in [0.25, 0.3) is 0 Å². The third kappa shape index (κ3) is 11.7. The molecule has 11 heteroatoms. The summed E-state index contributed by atoms with van der Waals surface area (Å²) in [7, 11) is 1.60. The number of hydrogen-bond acceptors (Lipinski definition) is 11. The molecule has 1 spiro atoms. The number of benzene rings is 6. The summed E-state index contributed by atoms with van der Waals surface area (Å²) in [6.45, 7) is 1.79. The maximum atomic E-state index is 7.34. The smallest absolute Gasteiger partial charge is 0.314 e. The first-order valence-corrected chi connectivity index (χ1v) is 22.7. The number of fused-ring (bicyclic) bond motifs is 1. The molecule has 6 aromatic carbocycles. The van der Waals surface area contributed by atoms with Crippen molar-refractivity contribution in [1.82, 2.24) is 0 Å². The number of rotatable bonds is 20. The first-order chi connectivity index (χ1) is 32.6. The predicted molar refractivity (Wildman–Crippen MR) is 245 cm³/mol. The van der Waals surface area contributed by atoms with Crippen LogP contribution < -0.4 is 0 Å². The van der Waals surface area contributed by atoms with Crippen molar-refractivity contribution in [2.75, 3.05) is 20.3 Å². The maximum Gasteiger partial charge on any atom is 0.314 e. The highest BCUT2D eigenvalue weighted by molar-refractivity contribution is 5.18. The Morgan fingerprint density at radius 3 is 1.29 bits per heavy atom. The van der Waals surface area contributed by atoms with Gasteiger partial charge in [-0.3, -0.25) is 0 Å². The molecule has 66 heavy (non-hydrogen) atoms. The van der Waals surface area contributed by atoms with E-state index in [1.165, 1.54) is 0 Å². The molecule has 3 heterocycles. The zero-order valence-electron chi connectivity index (χ0n) is 37.2. The Labute approximate surface area is 387 Å².